The Morgan fingerprint density at radius 1 is 1.24 bits per heavy atom. The van der Waals surface area contributed by atoms with Gasteiger partial charge in [0.2, 0.25) is 0 Å². The summed E-state index contributed by atoms with van der Waals surface area (Å²) in [6.07, 6.45) is 0. The number of nitrogens with zero attached hydrogens (tertiary/aromatic N) is 2. The van der Waals surface area contributed by atoms with E-state index in [1.165, 1.54) is 12.1 Å². The van der Waals surface area contributed by atoms with Crippen molar-refractivity contribution in [3.63, 3.8) is 0 Å². The van der Waals surface area contributed by atoms with Crippen LogP contribution in [0.15, 0.2) is 58.0 Å². The predicted octanol–water partition coefficient (Wildman–Crippen LogP) is 3.64. The highest BCUT2D eigenvalue weighted by molar-refractivity contribution is 9.10. The molecule has 3 rings (SSSR count). The summed E-state index contributed by atoms with van der Waals surface area (Å²) in [6.45, 7) is 2.51. The Hall–Kier alpha value is -1.88. The first-order valence-corrected chi connectivity index (χ1v) is 7.42. The van der Waals surface area contributed by atoms with Crippen molar-refractivity contribution < 1.29 is 4.39 Å². The van der Waals surface area contributed by atoms with E-state index in [1.807, 2.05) is 42.2 Å². The number of rotatable bonds is 2. The van der Waals surface area contributed by atoms with Gasteiger partial charge in [-0.25, -0.2) is 4.39 Å². The SMILES string of the molecule is CC1(c2cccc(F)c2)CN=C(N)N1c1ccccc1Br. The van der Waals surface area contributed by atoms with E-state index in [1.54, 1.807) is 6.07 Å². The van der Waals surface area contributed by atoms with E-state index in [0.717, 1.165) is 15.7 Å². The van der Waals surface area contributed by atoms with Gasteiger partial charge in [0.25, 0.3) is 0 Å². The molecule has 0 saturated heterocycles. The molecule has 3 nitrogen and oxygen atoms in total. The fourth-order valence-electron chi connectivity index (χ4n) is 2.70. The average Bonchev–Trinajstić information content (AvgIpc) is 2.77. The molecule has 2 aromatic rings. The number of para-hydroxylation sites is 1. The van der Waals surface area contributed by atoms with Gasteiger partial charge in [0.05, 0.1) is 17.8 Å². The van der Waals surface area contributed by atoms with Gasteiger partial charge in [-0.3, -0.25) is 9.89 Å². The van der Waals surface area contributed by atoms with E-state index in [4.69, 9.17) is 5.73 Å². The minimum atomic E-state index is -0.504. The second kappa shape index (κ2) is 5.15. The molecular weight excluding hydrogens is 333 g/mol. The molecule has 21 heavy (non-hydrogen) atoms. The highest BCUT2D eigenvalue weighted by Crippen LogP contribution is 2.39. The van der Waals surface area contributed by atoms with Crippen LogP contribution in [0, 0.1) is 5.82 Å². The normalized spacial score (nSPS) is 21.5. The summed E-state index contributed by atoms with van der Waals surface area (Å²) in [5.41, 5.74) is 7.36. The zero-order valence-corrected chi connectivity index (χ0v) is 13.1. The molecule has 1 aliphatic heterocycles. The van der Waals surface area contributed by atoms with E-state index >= 15 is 0 Å². The van der Waals surface area contributed by atoms with Gasteiger partial charge in [0.1, 0.15) is 5.82 Å². The molecule has 0 fully saturated rings. The van der Waals surface area contributed by atoms with Gasteiger partial charge in [-0.15, -0.1) is 0 Å². The molecule has 0 aliphatic carbocycles. The van der Waals surface area contributed by atoms with Crippen molar-refractivity contribution in [3.8, 4) is 0 Å². The Balaban J connectivity index is 2.13. The molecule has 0 bridgehead atoms. The predicted molar refractivity (Wildman–Crippen MR) is 86.9 cm³/mol. The Morgan fingerprint density at radius 2 is 2.00 bits per heavy atom. The number of halogens is 2. The van der Waals surface area contributed by atoms with Gasteiger partial charge in [-0.1, -0.05) is 24.3 Å². The lowest BCUT2D eigenvalue weighted by atomic mass is 9.90. The summed E-state index contributed by atoms with van der Waals surface area (Å²) in [7, 11) is 0. The van der Waals surface area contributed by atoms with Crippen LogP contribution < -0.4 is 10.6 Å². The van der Waals surface area contributed by atoms with Gasteiger partial charge < -0.3 is 5.73 Å². The van der Waals surface area contributed by atoms with Crippen molar-refractivity contribution in [1.82, 2.24) is 0 Å². The average molecular weight is 348 g/mol. The first kappa shape index (κ1) is 14.1. The van der Waals surface area contributed by atoms with Crippen molar-refractivity contribution in [2.45, 2.75) is 12.5 Å². The lowest BCUT2D eigenvalue weighted by Crippen LogP contribution is -2.48. The monoisotopic (exact) mass is 347 g/mol. The van der Waals surface area contributed by atoms with Crippen LogP contribution in [0.5, 0.6) is 0 Å². The topological polar surface area (TPSA) is 41.6 Å². The molecule has 5 heteroatoms. The summed E-state index contributed by atoms with van der Waals surface area (Å²) in [5, 5.41) is 0. The fourth-order valence-corrected chi connectivity index (χ4v) is 3.16. The lowest BCUT2D eigenvalue weighted by Gasteiger charge is -2.37. The highest BCUT2D eigenvalue weighted by atomic mass is 79.9. The number of nitrogens with two attached hydrogens (primary N) is 1. The largest absolute Gasteiger partial charge is 0.369 e. The van der Waals surface area contributed by atoms with Crippen LogP contribution in [-0.2, 0) is 5.54 Å². The van der Waals surface area contributed by atoms with E-state index in [0.29, 0.717) is 12.5 Å². The third-order valence-corrected chi connectivity index (χ3v) is 4.48. The van der Waals surface area contributed by atoms with Gasteiger partial charge in [0, 0.05) is 4.47 Å². The van der Waals surface area contributed by atoms with Gasteiger partial charge >= 0.3 is 0 Å². The molecule has 1 unspecified atom stereocenters. The maximum absolute atomic E-state index is 13.6. The molecule has 1 heterocycles. The van der Waals surface area contributed by atoms with Crippen molar-refractivity contribution in [2.75, 3.05) is 11.4 Å². The molecule has 108 valence electrons. The third kappa shape index (κ3) is 2.31. The number of hydrogen-bond donors (Lipinski definition) is 1. The summed E-state index contributed by atoms with van der Waals surface area (Å²) >= 11 is 3.55. The van der Waals surface area contributed by atoms with Crippen LogP contribution >= 0.6 is 15.9 Å². The highest BCUT2D eigenvalue weighted by Gasteiger charge is 2.41. The Kier molecular flexibility index (Phi) is 3.45. The number of guanidine groups is 1. The summed E-state index contributed by atoms with van der Waals surface area (Å²) in [4.78, 5) is 6.32. The molecular formula is C16H15BrFN3. The van der Waals surface area contributed by atoms with Gasteiger partial charge in [-0.05, 0) is 52.7 Å². The van der Waals surface area contributed by atoms with Gasteiger partial charge in [-0.2, -0.15) is 0 Å². The standard InChI is InChI=1S/C16H15BrFN3/c1-16(11-5-4-6-12(18)9-11)10-20-15(19)21(16)14-8-3-2-7-13(14)17/h2-9H,10H2,1H3,(H2,19,20). The number of hydrogen-bond acceptors (Lipinski definition) is 3. The molecule has 0 aromatic heterocycles. The Morgan fingerprint density at radius 3 is 2.71 bits per heavy atom. The smallest absolute Gasteiger partial charge is 0.196 e. The summed E-state index contributed by atoms with van der Waals surface area (Å²) < 4.78 is 14.5. The van der Waals surface area contributed by atoms with Crippen molar-refractivity contribution in [2.24, 2.45) is 10.7 Å². The minimum absolute atomic E-state index is 0.258. The van der Waals surface area contributed by atoms with Crippen LogP contribution in [0.4, 0.5) is 10.1 Å². The zero-order chi connectivity index (χ0) is 15.0. The molecule has 0 spiro atoms. The van der Waals surface area contributed by atoms with Crippen molar-refractivity contribution in [3.05, 3.63) is 64.4 Å². The van der Waals surface area contributed by atoms with E-state index in [9.17, 15) is 4.39 Å². The van der Waals surface area contributed by atoms with Crippen LogP contribution in [0.3, 0.4) is 0 Å². The number of benzene rings is 2. The van der Waals surface area contributed by atoms with Crippen LogP contribution in [0.25, 0.3) is 0 Å². The second-order valence-corrected chi connectivity index (χ2v) is 6.10. The zero-order valence-electron chi connectivity index (χ0n) is 11.6. The van der Waals surface area contributed by atoms with Crippen LogP contribution in [0.1, 0.15) is 12.5 Å². The van der Waals surface area contributed by atoms with Gasteiger partial charge in [0.15, 0.2) is 5.96 Å². The quantitative estimate of drug-likeness (QED) is 0.900. The number of aliphatic imine (C=N–C) groups is 1. The lowest BCUT2D eigenvalue weighted by molar-refractivity contribution is 0.524. The van der Waals surface area contributed by atoms with E-state index < -0.39 is 5.54 Å². The number of anilines is 1. The molecule has 1 aliphatic rings. The minimum Gasteiger partial charge on any atom is -0.369 e. The third-order valence-electron chi connectivity index (χ3n) is 3.81. The molecule has 2 aromatic carbocycles. The Bertz CT molecular complexity index is 716. The van der Waals surface area contributed by atoms with Crippen molar-refractivity contribution in [1.29, 1.82) is 0 Å². The Labute approximate surface area is 131 Å². The molecule has 0 radical (unpaired) electrons. The van der Waals surface area contributed by atoms with Crippen molar-refractivity contribution >= 4 is 27.6 Å². The first-order chi connectivity index (χ1) is 10.0. The summed E-state index contributed by atoms with van der Waals surface area (Å²) in [5.74, 6) is 0.180. The second-order valence-electron chi connectivity index (χ2n) is 5.25. The molecule has 0 amide bonds. The molecule has 2 N–H and O–H groups in total. The summed E-state index contributed by atoms with van der Waals surface area (Å²) in [6, 6.07) is 14.4. The van der Waals surface area contributed by atoms with Crippen LogP contribution in [-0.4, -0.2) is 12.5 Å². The van der Waals surface area contributed by atoms with E-state index in [2.05, 4.69) is 20.9 Å². The van der Waals surface area contributed by atoms with Crippen LogP contribution in [0.2, 0.25) is 0 Å². The van der Waals surface area contributed by atoms with E-state index in [-0.39, 0.29) is 5.82 Å². The first-order valence-electron chi connectivity index (χ1n) is 6.63. The maximum atomic E-state index is 13.6. The fraction of sp³-hybridized carbons (Fsp3) is 0.188. The molecule has 0 saturated carbocycles. The molecule has 1 atom stereocenters. The maximum Gasteiger partial charge on any atom is 0.196 e.